The van der Waals surface area contributed by atoms with Crippen molar-refractivity contribution in [3.8, 4) is 0 Å². The minimum absolute atomic E-state index is 0.0398. The summed E-state index contributed by atoms with van der Waals surface area (Å²) in [7, 11) is 0. The van der Waals surface area contributed by atoms with Gasteiger partial charge in [0.05, 0.1) is 12.2 Å². The zero-order valence-electron chi connectivity index (χ0n) is 20.7. The molecule has 0 radical (unpaired) electrons. The summed E-state index contributed by atoms with van der Waals surface area (Å²) in [6, 6.07) is 6.89. The zero-order chi connectivity index (χ0) is 25.2. The van der Waals surface area contributed by atoms with E-state index in [1.54, 1.807) is 50.1 Å². The summed E-state index contributed by atoms with van der Waals surface area (Å²) in [5, 5.41) is 2.87. The maximum atomic E-state index is 13.8. The molecule has 4 rings (SSSR count). The normalized spacial score (nSPS) is 17.1. The summed E-state index contributed by atoms with van der Waals surface area (Å²) in [4.78, 5) is 40.8. The number of carbonyl (C=O) groups is 2. The van der Waals surface area contributed by atoms with E-state index in [1.807, 2.05) is 0 Å². The van der Waals surface area contributed by atoms with E-state index in [9.17, 15) is 18.8 Å². The molecular formula is C27H34FN3O4. The van der Waals surface area contributed by atoms with Gasteiger partial charge in [-0.1, -0.05) is 31.4 Å². The number of benzene rings is 1. The lowest BCUT2D eigenvalue weighted by Crippen LogP contribution is -2.53. The van der Waals surface area contributed by atoms with Crippen LogP contribution in [0.25, 0.3) is 0 Å². The molecule has 8 heteroatoms. The van der Waals surface area contributed by atoms with Gasteiger partial charge in [-0.25, -0.2) is 9.18 Å². The van der Waals surface area contributed by atoms with E-state index >= 15 is 0 Å². The Labute approximate surface area is 205 Å². The van der Waals surface area contributed by atoms with E-state index in [0.717, 1.165) is 43.2 Å². The van der Waals surface area contributed by atoms with E-state index in [2.05, 4.69) is 5.32 Å². The number of nitrogens with zero attached hydrogens (tertiary/aromatic N) is 2. The molecule has 1 aromatic heterocycles. The molecule has 35 heavy (non-hydrogen) atoms. The quantitative estimate of drug-likeness (QED) is 0.684. The van der Waals surface area contributed by atoms with Crippen LogP contribution in [-0.4, -0.2) is 34.8 Å². The van der Waals surface area contributed by atoms with Crippen molar-refractivity contribution in [2.45, 2.75) is 77.5 Å². The van der Waals surface area contributed by atoms with Crippen LogP contribution in [0.15, 0.2) is 41.3 Å². The smallest absolute Gasteiger partial charge is 0.408 e. The second kappa shape index (κ2) is 10.2. The van der Waals surface area contributed by atoms with Gasteiger partial charge < -0.3 is 19.5 Å². The van der Waals surface area contributed by atoms with Gasteiger partial charge in [-0.05, 0) is 69.2 Å². The minimum atomic E-state index is -0.687. The number of nitrogens with one attached hydrogen (secondary N) is 1. The number of halogens is 1. The Kier molecular flexibility index (Phi) is 7.28. The molecule has 0 unspecified atom stereocenters. The maximum absolute atomic E-state index is 13.8. The molecule has 2 heterocycles. The van der Waals surface area contributed by atoms with Crippen molar-refractivity contribution in [3.63, 3.8) is 0 Å². The molecule has 2 aromatic rings. The van der Waals surface area contributed by atoms with Crippen molar-refractivity contribution in [2.75, 3.05) is 11.4 Å². The standard InChI is InChI=1S/C27H34FN3O4/c1-27(2,3)35-26(34)29-24(19-7-5-4-6-8-19)25(33)31-14-13-20-15-23(32)30(17-22(20)31)16-18-9-11-21(28)12-10-18/h9-12,15,17,19,24H,4-8,13-14,16H2,1-3H3,(H,29,34)/t24-/m0/s1. The third-order valence-corrected chi connectivity index (χ3v) is 6.68. The second-order valence-corrected chi connectivity index (χ2v) is 10.5. The number of ether oxygens (including phenoxy) is 1. The highest BCUT2D eigenvalue weighted by molar-refractivity contribution is 6.00. The van der Waals surface area contributed by atoms with Crippen LogP contribution < -0.4 is 15.8 Å². The fourth-order valence-electron chi connectivity index (χ4n) is 4.99. The highest BCUT2D eigenvalue weighted by Gasteiger charge is 2.37. The number of pyridine rings is 1. The van der Waals surface area contributed by atoms with Crippen molar-refractivity contribution >= 4 is 17.7 Å². The lowest BCUT2D eigenvalue weighted by atomic mass is 9.83. The molecule has 7 nitrogen and oxygen atoms in total. The van der Waals surface area contributed by atoms with Gasteiger partial charge >= 0.3 is 6.09 Å². The van der Waals surface area contributed by atoms with E-state index in [4.69, 9.17) is 4.74 Å². The van der Waals surface area contributed by atoms with Crippen LogP contribution in [0.4, 0.5) is 14.9 Å². The van der Waals surface area contributed by atoms with Crippen LogP contribution in [0.1, 0.15) is 64.0 Å². The molecule has 1 N–H and O–H groups in total. The van der Waals surface area contributed by atoms with Gasteiger partial charge in [-0.3, -0.25) is 9.59 Å². The largest absolute Gasteiger partial charge is 0.444 e. The van der Waals surface area contributed by atoms with E-state index in [0.29, 0.717) is 18.7 Å². The minimum Gasteiger partial charge on any atom is -0.444 e. The first-order valence-corrected chi connectivity index (χ1v) is 12.4. The SMILES string of the molecule is CC(C)(C)OC(=O)N[C@H](C(=O)N1CCc2cc(=O)n(Cc3ccc(F)cc3)cc21)C1CCCCC1. The summed E-state index contributed by atoms with van der Waals surface area (Å²) >= 11 is 0. The van der Waals surface area contributed by atoms with Gasteiger partial charge in [-0.2, -0.15) is 0 Å². The van der Waals surface area contributed by atoms with Gasteiger partial charge in [0.2, 0.25) is 5.91 Å². The van der Waals surface area contributed by atoms with E-state index < -0.39 is 17.7 Å². The number of hydrogen-bond acceptors (Lipinski definition) is 4. The third kappa shape index (κ3) is 6.10. The van der Waals surface area contributed by atoms with E-state index in [1.165, 1.54) is 16.7 Å². The van der Waals surface area contributed by atoms with Gasteiger partial charge in [0.15, 0.2) is 0 Å². The Hall–Kier alpha value is -3.16. The number of aromatic nitrogens is 1. The molecule has 1 fully saturated rings. The highest BCUT2D eigenvalue weighted by atomic mass is 19.1. The number of fused-ring (bicyclic) bond motifs is 1. The Morgan fingerprint density at radius 3 is 2.49 bits per heavy atom. The number of anilines is 1. The molecular weight excluding hydrogens is 449 g/mol. The number of carbonyl (C=O) groups excluding carboxylic acids is 2. The van der Waals surface area contributed by atoms with Crippen molar-refractivity contribution in [2.24, 2.45) is 5.92 Å². The van der Waals surface area contributed by atoms with Crippen LogP contribution in [-0.2, 0) is 22.5 Å². The maximum Gasteiger partial charge on any atom is 0.408 e. The molecule has 1 aliphatic carbocycles. The molecule has 0 bridgehead atoms. The van der Waals surface area contributed by atoms with Gasteiger partial charge in [0.1, 0.15) is 17.5 Å². The van der Waals surface area contributed by atoms with Crippen molar-refractivity contribution < 1.29 is 18.7 Å². The molecule has 1 aliphatic heterocycles. The van der Waals surface area contributed by atoms with E-state index in [-0.39, 0.29) is 29.7 Å². The van der Waals surface area contributed by atoms with Gasteiger partial charge in [0.25, 0.3) is 5.56 Å². The first-order chi connectivity index (χ1) is 16.6. The predicted octanol–water partition coefficient (Wildman–Crippen LogP) is 4.40. The third-order valence-electron chi connectivity index (χ3n) is 6.68. The average Bonchev–Trinajstić information content (AvgIpc) is 3.20. The fraction of sp³-hybridized carbons (Fsp3) is 0.519. The van der Waals surface area contributed by atoms with Crippen molar-refractivity contribution in [3.05, 3.63) is 63.8 Å². The average molecular weight is 484 g/mol. The lowest BCUT2D eigenvalue weighted by Gasteiger charge is -2.33. The number of alkyl carbamates (subject to hydrolysis) is 1. The molecule has 0 saturated heterocycles. The Bertz CT molecular complexity index is 1130. The molecule has 2 amide bonds. The molecule has 1 saturated carbocycles. The molecule has 1 aromatic carbocycles. The number of hydrogen-bond donors (Lipinski definition) is 1. The highest BCUT2D eigenvalue weighted by Crippen LogP contribution is 2.32. The predicted molar refractivity (Wildman–Crippen MR) is 132 cm³/mol. The fourth-order valence-corrected chi connectivity index (χ4v) is 4.99. The summed E-state index contributed by atoms with van der Waals surface area (Å²) < 4.78 is 20.3. The van der Waals surface area contributed by atoms with Crippen LogP contribution in [0.5, 0.6) is 0 Å². The first kappa shape index (κ1) is 24.9. The summed E-state index contributed by atoms with van der Waals surface area (Å²) in [6.45, 7) is 6.10. The number of amides is 2. The van der Waals surface area contributed by atoms with Crippen molar-refractivity contribution in [1.29, 1.82) is 0 Å². The summed E-state index contributed by atoms with van der Waals surface area (Å²) in [5.41, 5.74) is 1.46. The molecule has 188 valence electrons. The Balaban J connectivity index is 1.59. The van der Waals surface area contributed by atoms with Crippen LogP contribution in [0.2, 0.25) is 0 Å². The number of rotatable bonds is 5. The van der Waals surface area contributed by atoms with Gasteiger partial charge in [-0.15, -0.1) is 0 Å². The Morgan fingerprint density at radius 1 is 1.14 bits per heavy atom. The molecule has 0 spiro atoms. The summed E-state index contributed by atoms with van der Waals surface area (Å²) in [5.74, 6) is -0.468. The zero-order valence-corrected chi connectivity index (χ0v) is 20.7. The second-order valence-electron chi connectivity index (χ2n) is 10.5. The lowest BCUT2D eigenvalue weighted by molar-refractivity contribution is -0.122. The van der Waals surface area contributed by atoms with Crippen molar-refractivity contribution in [1.82, 2.24) is 9.88 Å². The Morgan fingerprint density at radius 2 is 1.83 bits per heavy atom. The van der Waals surface area contributed by atoms with Crippen LogP contribution >= 0.6 is 0 Å². The van der Waals surface area contributed by atoms with Crippen LogP contribution in [0.3, 0.4) is 0 Å². The first-order valence-electron chi connectivity index (χ1n) is 12.4. The van der Waals surface area contributed by atoms with Gasteiger partial charge in [0, 0.05) is 18.8 Å². The topological polar surface area (TPSA) is 80.6 Å². The molecule has 1 atom stereocenters. The van der Waals surface area contributed by atoms with Crippen LogP contribution in [0, 0.1) is 11.7 Å². The monoisotopic (exact) mass is 483 g/mol. The summed E-state index contributed by atoms with van der Waals surface area (Å²) in [6.07, 6.45) is 6.62. The molecule has 2 aliphatic rings.